The molecule has 0 bridgehead atoms. The summed E-state index contributed by atoms with van der Waals surface area (Å²) in [4.78, 5) is 4.16. The molecule has 1 saturated heterocycles. The van der Waals surface area contributed by atoms with Gasteiger partial charge in [0.2, 0.25) is 0 Å². The van der Waals surface area contributed by atoms with Crippen LogP contribution in [0.1, 0.15) is 23.5 Å². The van der Waals surface area contributed by atoms with Gasteiger partial charge in [-0.05, 0) is 43.0 Å². The molecule has 2 nitrogen and oxygen atoms in total. The molecule has 12 heavy (non-hydrogen) atoms. The second kappa shape index (κ2) is 3.23. The third-order valence-electron chi connectivity index (χ3n) is 2.58. The Morgan fingerprint density at radius 1 is 1.58 bits per heavy atom. The van der Waals surface area contributed by atoms with Crippen LogP contribution in [0.5, 0.6) is 0 Å². The third kappa shape index (κ3) is 1.34. The molecule has 1 fully saturated rings. The van der Waals surface area contributed by atoms with E-state index in [0.717, 1.165) is 13.1 Å². The Labute approximate surface area is 73.0 Å². The molecule has 0 radical (unpaired) electrons. The van der Waals surface area contributed by atoms with Crippen LogP contribution >= 0.6 is 0 Å². The van der Waals surface area contributed by atoms with Crippen molar-refractivity contribution in [2.75, 3.05) is 13.1 Å². The summed E-state index contributed by atoms with van der Waals surface area (Å²) in [6, 6.07) is 2.09. The van der Waals surface area contributed by atoms with Gasteiger partial charge in [-0.25, -0.2) is 0 Å². The van der Waals surface area contributed by atoms with E-state index in [4.69, 9.17) is 0 Å². The number of aryl methyl sites for hydroxylation is 1. The van der Waals surface area contributed by atoms with Crippen LogP contribution in [0.2, 0.25) is 0 Å². The van der Waals surface area contributed by atoms with Crippen molar-refractivity contribution in [3.63, 3.8) is 0 Å². The van der Waals surface area contributed by atoms with E-state index in [0.29, 0.717) is 5.92 Å². The summed E-state index contributed by atoms with van der Waals surface area (Å²) in [5.74, 6) is 0.693. The zero-order valence-corrected chi connectivity index (χ0v) is 7.38. The molecule has 2 rings (SSSR count). The van der Waals surface area contributed by atoms with Gasteiger partial charge < -0.3 is 5.32 Å². The molecule has 1 N–H and O–H groups in total. The van der Waals surface area contributed by atoms with E-state index in [1.807, 2.05) is 12.4 Å². The van der Waals surface area contributed by atoms with Crippen LogP contribution in [0, 0.1) is 6.92 Å². The highest BCUT2D eigenvalue weighted by molar-refractivity contribution is 5.26. The van der Waals surface area contributed by atoms with Crippen LogP contribution in [0.15, 0.2) is 18.5 Å². The molecule has 1 atom stereocenters. The van der Waals surface area contributed by atoms with Gasteiger partial charge in [0.1, 0.15) is 0 Å². The smallest absolute Gasteiger partial charge is 0.0305 e. The highest BCUT2D eigenvalue weighted by atomic mass is 14.9. The molecule has 2 heteroatoms. The summed E-state index contributed by atoms with van der Waals surface area (Å²) >= 11 is 0. The summed E-state index contributed by atoms with van der Waals surface area (Å²) in [5, 5.41) is 3.37. The van der Waals surface area contributed by atoms with Crippen molar-refractivity contribution in [1.29, 1.82) is 0 Å². The van der Waals surface area contributed by atoms with Gasteiger partial charge in [-0.1, -0.05) is 0 Å². The lowest BCUT2D eigenvalue weighted by molar-refractivity contribution is 0.752. The number of nitrogens with zero attached hydrogens (tertiary/aromatic N) is 1. The van der Waals surface area contributed by atoms with Crippen LogP contribution in [0.25, 0.3) is 0 Å². The van der Waals surface area contributed by atoms with Gasteiger partial charge in [0.15, 0.2) is 0 Å². The Morgan fingerprint density at radius 3 is 3.17 bits per heavy atom. The molecule has 1 aliphatic rings. The van der Waals surface area contributed by atoms with Crippen LogP contribution in [-0.2, 0) is 0 Å². The fourth-order valence-corrected chi connectivity index (χ4v) is 1.82. The summed E-state index contributed by atoms with van der Waals surface area (Å²) in [5.41, 5.74) is 2.79. The molecule has 64 valence electrons. The highest BCUT2D eigenvalue weighted by Crippen LogP contribution is 2.23. The summed E-state index contributed by atoms with van der Waals surface area (Å²) in [6.07, 6.45) is 5.13. The van der Waals surface area contributed by atoms with E-state index in [9.17, 15) is 0 Å². The first kappa shape index (κ1) is 7.74. The van der Waals surface area contributed by atoms with E-state index in [1.54, 1.807) is 0 Å². The zero-order valence-electron chi connectivity index (χ0n) is 7.38. The molecule has 0 saturated carbocycles. The molecule has 1 aromatic rings. The molecule has 0 amide bonds. The lowest BCUT2D eigenvalue weighted by Gasteiger charge is -2.10. The van der Waals surface area contributed by atoms with E-state index >= 15 is 0 Å². The number of hydrogen-bond donors (Lipinski definition) is 1. The molecule has 1 aromatic heterocycles. The number of rotatable bonds is 1. The minimum absolute atomic E-state index is 0.693. The highest BCUT2D eigenvalue weighted by Gasteiger charge is 2.17. The maximum atomic E-state index is 4.16. The van der Waals surface area contributed by atoms with Gasteiger partial charge in [0.25, 0.3) is 0 Å². The molecular formula is C10H14N2. The third-order valence-corrected chi connectivity index (χ3v) is 2.58. The quantitative estimate of drug-likeness (QED) is 0.676. The Hall–Kier alpha value is -0.890. The van der Waals surface area contributed by atoms with Crippen molar-refractivity contribution < 1.29 is 0 Å². The zero-order chi connectivity index (χ0) is 8.39. The monoisotopic (exact) mass is 162 g/mol. The number of pyridine rings is 1. The fourth-order valence-electron chi connectivity index (χ4n) is 1.82. The number of hydrogen-bond acceptors (Lipinski definition) is 2. The predicted molar refractivity (Wildman–Crippen MR) is 49.2 cm³/mol. The maximum Gasteiger partial charge on any atom is 0.0305 e. The van der Waals surface area contributed by atoms with E-state index in [-0.39, 0.29) is 0 Å². The SMILES string of the molecule is Cc1ccncc1[C@@H]1CCNC1. The Balaban J connectivity index is 2.26. The van der Waals surface area contributed by atoms with Crippen molar-refractivity contribution in [3.8, 4) is 0 Å². The molecule has 1 aliphatic heterocycles. The van der Waals surface area contributed by atoms with Gasteiger partial charge in [-0.3, -0.25) is 4.98 Å². The van der Waals surface area contributed by atoms with E-state index in [2.05, 4.69) is 23.3 Å². The van der Waals surface area contributed by atoms with E-state index in [1.165, 1.54) is 17.5 Å². The Bertz CT molecular complexity index is 264. The average Bonchev–Trinajstić information content (AvgIpc) is 2.57. The molecule has 0 unspecified atom stereocenters. The summed E-state index contributed by atoms with van der Waals surface area (Å²) in [6.45, 7) is 4.43. The first-order valence-electron chi connectivity index (χ1n) is 4.49. The second-order valence-corrected chi connectivity index (χ2v) is 3.42. The van der Waals surface area contributed by atoms with E-state index < -0.39 is 0 Å². The summed E-state index contributed by atoms with van der Waals surface area (Å²) < 4.78 is 0. The van der Waals surface area contributed by atoms with Crippen LogP contribution < -0.4 is 5.32 Å². The second-order valence-electron chi connectivity index (χ2n) is 3.42. The van der Waals surface area contributed by atoms with Gasteiger partial charge in [0.05, 0.1) is 0 Å². The minimum Gasteiger partial charge on any atom is -0.316 e. The molecule has 0 spiro atoms. The van der Waals surface area contributed by atoms with Crippen molar-refractivity contribution in [3.05, 3.63) is 29.6 Å². The Kier molecular flexibility index (Phi) is 2.09. The van der Waals surface area contributed by atoms with Gasteiger partial charge >= 0.3 is 0 Å². The number of aromatic nitrogens is 1. The van der Waals surface area contributed by atoms with Crippen LogP contribution in [0.3, 0.4) is 0 Å². The minimum atomic E-state index is 0.693. The number of nitrogens with one attached hydrogen (secondary N) is 1. The largest absolute Gasteiger partial charge is 0.316 e. The van der Waals surface area contributed by atoms with Crippen molar-refractivity contribution in [2.45, 2.75) is 19.3 Å². The van der Waals surface area contributed by atoms with Crippen LogP contribution in [-0.4, -0.2) is 18.1 Å². The van der Waals surface area contributed by atoms with Crippen molar-refractivity contribution in [1.82, 2.24) is 10.3 Å². The molecule has 0 aliphatic carbocycles. The van der Waals surface area contributed by atoms with Gasteiger partial charge in [-0.15, -0.1) is 0 Å². The first-order valence-corrected chi connectivity index (χ1v) is 4.49. The molecule has 0 aromatic carbocycles. The fraction of sp³-hybridized carbons (Fsp3) is 0.500. The topological polar surface area (TPSA) is 24.9 Å². The normalized spacial score (nSPS) is 22.9. The van der Waals surface area contributed by atoms with Gasteiger partial charge in [-0.2, -0.15) is 0 Å². The van der Waals surface area contributed by atoms with Crippen molar-refractivity contribution in [2.24, 2.45) is 0 Å². The lowest BCUT2D eigenvalue weighted by Crippen LogP contribution is -2.08. The van der Waals surface area contributed by atoms with Crippen molar-refractivity contribution >= 4 is 0 Å². The molecular weight excluding hydrogens is 148 g/mol. The summed E-state index contributed by atoms with van der Waals surface area (Å²) in [7, 11) is 0. The first-order chi connectivity index (χ1) is 5.88. The molecule has 2 heterocycles. The lowest BCUT2D eigenvalue weighted by atomic mass is 9.96. The van der Waals surface area contributed by atoms with Gasteiger partial charge in [0, 0.05) is 18.9 Å². The van der Waals surface area contributed by atoms with Crippen LogP contribution in [0.4, 0.5) is 0 Å². The predicted octanol–water partition coefficient (Wildman–Crippen LogP) is 1.47. The Morgan fingerprint density at radius 2 is 2.50 bits per heavy atom. The average molecular weight is 162 g/mol. The maximum absolute atomic E-state index is 4.16. The standard InChI is InChI=1S/C10H14N2/c1-8-2-4-12-7-10(8)9-3-5-11-6-9/h2,4,7,9,11H,3,5-6H2,1H3/t9-/m1/s1.